The molecule has 1 rings (SSSR count). The average molecular weight is 351 g/mol. The molecule has 0 aliphatic carbocycles. The SMILES string of the molecule is CC(C)C[C@H](NS(=O)(=O)c1ccc(Cl)cc1[N+](=O)[O-])C(=O)O. The van der Waals surface area contributed by atoms with E-state index in [4.69, 9.17) is 16.7 Å². The molecule has 0 aliphatic heterocycles. The number of nitro groups is 1. The summed E-state index contributed by atoms with van der Waals surface area (Å²) in [5.41, 5.74) is -0.714. The molecular weight excluding hydrogens is 336 g/mol. The van der Waals surface area contributed by atoms with Gasteiger partial charge in [0.25, 0.3) is 5.69 Å². The minimum atomic E-state index is -4.37. The molecule has 0 unspecified atom stereocenters. The Kier molecular flexibility index (Phi) is 5.86. The summed E-state index contributed by atoms with van der Waals surface area (Å²) < 4.78 is 26.5. The molecule has 1 atom stereocenters. The van der Waals surface area contributed by atoms with Crippen LogP contribution in [0.3, 0.4) is 0 Å². The van der Waals surface area contributed by atoms with Gasteiger partial charge in [0, 0.05) is 11.1 Å². The number of sulfonamides is 1. The van der Waals surface area contributed by atoms with Crippen molar-refractivity contribution in [2.75, 3.05) is 0 Å². The van der Waals surface area contributed by atoms with Crippen LogP contribution < -0.4 is 4.72 Å². The number of nitrogens with one attached hydrogen (secondary N) is 1. The minimum Gasteiger partial charge on any atom is -0.480 e. The fourth-order valence-electron chi connectivity index (χ4n) is 1.78. The third kappa shape index (κ3) is 4.65. The summed E-state index contributed by atoms with van der Waals surface area (Å²) in [5.74, 6) is -1.43. The molecule has 0 radical (unpaired) electrons. The second-order valence-electron chi connectivity index (χ2n) is 5.01. The summed E-state index contributed by atoms with van der Waals surface area (Å²) in [6.45, 7) is 3.46. The molecule has 0 saturated heterocycles. The fourth-order valence-corrected chi connectivity index (χ4v) is 3.30. The Morgan fingerprint density at radius 1 is 1.45 bits per heavy atom. The van der Waals surface area contributed by atoms with E-state index in [0.29, 0.717) is 0 Å². The second-order valence-corrected chi connectivity index (χ2v) is 7.13. The molecule has 2 N–H and O–H groups in total. The zero-order valence-electron chi connectivity index (χ0n) is 11.8. The number of rotatable bonds is 7. The molecule has 22 heavy (non-hydrogen) atoms. The van der Waals surface area contributed by atoms with Crippen LogP contribution >= 0.6 is 11.6 Å². The molecule has 8 nitrogen and oxygen atoms in total. The standard InChI is InChI=1S/C12H15ClN2O6S/c1-7(2)5-9(12(16)17)14-22(20,21)11-4-3-8(13)6-10(11)15(18)19/h3-4,6-7,9,14H,5H2,1-2H3,(H,16,17)/t9-/m0/s1. The Morgan fingerprint density at radius 2 is 2.05 bits per heavy atom. The zero-order chi connectivity index (χ0) is 17.1. The number of halogens is 1. The van der Waals surface area contributed by atoms with E-state index in [9.17, 15) is 23.3 Å². The van der Waals surface area contributed by atoms with Gasteiger partial charge in [0.1, 0.15) is 6.04 Å². The molecule has 0 bridgehead atoms. The van der Waals surface area contributed by atoms with E-state index in [-0.39, 0.29) is 17.4 Å². The van der Waals surface area contributed by atoms with Crippen molar-refractivity contribution in [1.82, 2.24) is 4.72 Å². The van der Waals surface area contributed by atoms with Crippen molar-refractivity contribution in [2.45, 2.75) is 31.2 Å². The third-order valence-electron chi connectivity index (χ3n) is 2.71. The first kappa shape index (κ1) is 18.3. The maximum Gasteiger partial charge on any atom is 0.321 e. The summed E-state index contributed by atoms with van der Waals surface area (Å²) in [6, 6.07) is 1.67. The van der Waals surface area contributed by atoms with E-state index in [0.717, 1.165) is 12.1 Å². The van der Waals surface area contributed by atoms with Crippen LogP contribution in [0, 0.1) is 16.0 Å². The molecule has 0 heterocycles. The maximum absolute atomic E-state index is 12.2. The van der Waals surface area contributed by atoms with E-state index in [1.54, 1.807) is 13.8 Å². The summed E-state index contributed by atoms with van der Waals surface area (Å²) in [7, 11) is -4.37. The second kappa shape index (κ2) is 7.03. The van der Waals surface area contributed by atoms with Gasteiger partial charge in [-0.25, -0.2) is 8.42 Å². The number of carboxylic acid groups (broad SMARTS) is 1. The Labute approximate surface area is 132 Å². The lowest BCUT2D eigenvalue weighted by Crippen LogP contribution is -2.41. The van der Waals surface area contributed by atoms with E-state index < -0.39 is 37.5 Å². The first-order chi connectivity index (χ1) is 10.0. The van der Waals surface area contributed by atoms with E-state index >= 15 is 0 Å². The monoisotopic (exact) mass is 350 g/mol. The van der Waals surface area contributed by atoms with Crippen molar-refractivity contribution in [1.29, 1.82) is 0 Å². The number of carbonyl (C=O) groups is 1. The van der Waals surface area contributed by atoms with Gasteiger partial charge in [0.05, 0.1) is 4.92 Å². The molecule has 0 spiro atoms. The molecule has 0 saturated carbocycles. The Morgan fingerprint density at radius 3 is 2.50 bits per heavy atom. The van der Waals surface area contributed by atoms with E-state index in [1.165, 1.54) is 6.07 Å². The average Bonchev–Trinajstić information content (AvgIpc) is 2.36. The number of benzene rings is 1. The van der Waals surface area contributed by atoms with Gasteiger partial charge < -0.3 is 5.11 Å². The van der Waals surface area contributed by atoms with Crippen LogP contribution in [-0.2, 0) is 14.8 Å². The maximum atomic E-state index is 12.2. The van der Waals surface area contributed by atoms with Crippen molar-refractivity contribution in [3.05, 3.63) is 33.3 Å². The fraction of sp³-hybridized carbons (Fsp3) is 0.417. The lowest BCUT2D eigenvalue weighted by atomic mass is 10.1. The lowest BCUT2D eigenvalue weighted by molar-refractivity contribution is -0.387. The van der Waals surface area contributed by atoms with Crippen molar-refractivity contribution >= 4 is 33.3 Å². The van der Waals surface area contributed by atoms with Crippen LogP contribution in [0.1, 0.15) is 20.3 Å². The van der Waals surface area contributed by atoms with Gasteiger partial charge in [0.15, 0.2) is 4.90 Å². The third-order valence-corrected chi connectivity index (χ3v) is 4.46. The lowest BCUT2D eigenvalue weighted by Gasteiger charge is -2.16. The van der Waals surface area contributed by atoms with Crippen molar-refractivity contribution in [2.24, 2.45) is 5.92 Å². The highest BCUT2D eigenvalue weighted by Crippen LogP contribution is 2.27. The highest BCUT2D eigenvalue weighted by atomic mass is 35.5. The predicted octanol–water partition coefficient (Wildman–Crippen LogP) is 2.03. The molecule has 1 aromatic rings. The molecule has 0 aliphatic rings. The number of hydrogen-bond acceptors (Lipinski definition) is 5. The number of nitrogens with zero attached hydrogens (tertiary/aromatic N) is 1. The Hall–Kier alpha value is -1.71. The van der Waals surface area contributed by atoms with Crippen LogP contribution in [0.25, 0.3) is 0 Å². The summed E-state index contributed by atoms with van der Waals surface area (Å²) >= 11 is 5.62. The van der Waals surface area contributed by atoms with Crippen LogP contribution in [0.2, 0.25) is 5.02 Å². The molecule has 0 amide bonds. The van der Waals surface area contributed by atoms with Gasteiger partial charge in [-0.1, -0.05) is 25.4 Å². The Bertz CT molecular complexity index is 689. The largest absolute Gasteiger partial charge is 0.480 e. The van der Waals surface area contributed by atoms with Crippen LogP contribution in [-0.4, -0.2) is 30.5 Å². The van der Waals surface area contributed by atoms with Gasteiger partial charge in [0.2, 0.25) is 10.0 Å². The number of nitro benzene ring substituents is 1. The molecule has 0 aromatic heterocycles. The minimum absolute atomic E-state index is 0.00242. The van der Waals surface area contributed by atoms with Crippen LogP contribution in [0.15, 0.2) is 23.1 Å². The number of aliphatic carboxylic acids is 1. The first-order valence-electron chi connectivity index (χ1n) is 6.23. The summed E-state index contributed by atoms with van der Waals surface area (Å²) in [4.78, 5) is 20.6. The molecule has 122 valence electrons. The summed E-state index contributed by atoms with van der Waals surface area (Å²) in [6.07, 6.45) is 0.0515. The first-order valence-corrected chi connectivity index (χ1v) is 8.09. The van der Waals surface area contributed by atoms with Gasteiger partial charge >= 0.3 is 5.97 Å². The quantitative estimate of drug-likeness (QED) is 0.572. The molecular formula is C12H15ClN2O6S. The molecule has 1 aromatic carbocycles. The number of carboxylic acids is 1. The number of hydrogen-bond donors (Lipinski definition) is 2. The molecule has 10 heteroatoms. The Balaban J connectivity index is 3.24. The van der Waals surface area contributed by atoms with Crippen LogP contribution in [0.4, 0.5) is 5.69 Å². The smallest absolute Gasteiger partial charge is 0.321 e. The highest BCUT2D eigenvalue weighted by molar-refractivity contribution is 7.89. The van der Waals surface area contributed by atoms with Gasteiger partial charge in [-0.05, 0) is 24.5 Å². The summed E-state index contributed by atoms with van der Waals surface area (Å²) in [5, 5.41) is 20.0. The van der Waals surface area contributed by atoms with Crippen LogP contribution in [0.5, 0.6) is 0 Å². The van der Waals surface area contributed by atoms with Crippen molar-refractivity contribution in [3.8, 4) is 0 Å². The zero-order valence-corrected chi connectivity index (χ0v) is 13.4. The van der Waals surface area contributed by atoms with Gasteiger partial charge in [-0.2, -0.15) is 4.72 Å². The predicted molar refractivity (Wildman–Crippen MR) is 79.3 cm³/mol. The topological polar surface area (TPSA) is 127 Å². The van der Waals surface area contributed by atoms with E-state index in [2.05, 4.69) is 0 Å². The molecule has 0 fully saturated rings. The van der Waals surface area contributed by atoms with Gasteiger partial charge in [-0.3, -0.25) is 14.9 Å². The van der Waals surface area contributed by atoms with Crippen molar-refractivity contribution < 1.29 is 23.2 Å². The van der Waals surface area contributed by atoms with Gasteiger partial charge in [-0.15, -0.1) is 0 Å². The van der Waals surface area contributed by atoms with E-state index in [1.807, 2.05) is 4.72 Å². The highest BCUT2D eigenvalue weighted by Gasteiger charge is 2.31. The normalized spacial score (nSPS) is 13.1. The van der Waals surface area contributed by atoms with Crippen molar-refractivity contribution in [3.63, 3.8) is 0 Å².